The summed E-state index contributed by atoms with van der Waals surface area (Å²) in [6.45, 7) is 3.06. The van der Waals surface area contributed by atoms with Gasteiger partial charge in [0.2, 0.25) is 11.0 Å². The van der Waals surface area contributed by atoms with Crippen molar-refractivity contribution in [3.63, 3.8) is 0 Å². The molecule has 0 aliphatic heterocycles. The average molecular weight is 385 g/mol. The number of nitrogens with zero attached hydrogens (tertiary/aromatic N) is 1. The van der Waals surface area contributed by atoms with Gasteiger partial charge in [-0.05, 0) is 24.5 Å². The highest BCUT2D eigenvalue weighted by atomic mass is 32.2. The van der Waals surface area contributed by atoms with E-state index < -0.39 is 12.0 Å². The monoisotopic (exact) mass is 385 g/mol. The molecule has 5 nitrogen and oxygen atoms in total. The van der Waals surface area contributed by atoms with Crippen LogP contribution in [0.4, 0.5) is 0 Å². The van der Waals surface area contributed by atoms with Crippen LogP contribution in [-0.4, -0.2) is 27.3 Å². The van der Waals surface area contributed by atoms with E-state index in [9.17, 15) is 14.4 Å². The summed E-state index contributed by atoms with van der Waals surface area (Å²) in [6, 6.07) is 18.0. The van der Waals surface area contributed by atoms with E-state index in [1.807, 2.05) is 60.7 Å². The van der Waals surface area contributed by atoms with Gasteiger partial charge in [-0.15, -0.1) is 0 Å². The van der Waals surface area contributed by atoms with E-state index in [1.165, 1.54) is 11.2 Å². The van der Waals surface area contributed by atoms with Crippen LogP contribution in [0.5, 0.6) is 0 Å². The lowest BCUT2D eigenvalue weighted by atomic mass is 10.1. The summed E-state index contributed by atoms with van der Waals surface area (Å²) >= 11 is 0.745. The van der Waals surface area contributed by atoms with E-state index in [4.69, 9.17) is 4.74 Å². The number of ether oxygens (including phenoxy) is 1. The Hall–Kier alpha value is -2.60. The van der Waals surface area contributed by atoms with Crippen molar-refractivity contribution in [1.29, 1.82) is 0 Å². The molecule has 0 aliphatic carbocycles. The fourth-order valence-corrected chi connectivity index (χ4v) is 3.15. The first kappa shape index (κ1) is 20.7. The van der Waals surface area contributed by atoms with E-state index >= 15 is 0 Å². The minimum Gasteiger partial charge on any atom is -0.459 e. The van der Waals surface area contributed by atoms with Gasteiger partial charge >= 0.3 is 5.97 Å². The lowest BCUT2D eigenvalue weighted by Gasteiger charge is -2.25. The molecule has 0 saturated carbocycles. The molecule has 2 aromatic rings. The second kappa shape index (κ2) is 10.5. The Balaban J connectivity index is 1.96. The van der Waals surface area contributed by atoms with Crippen LogP contribution in [0.15, 0.2) is 60.7 Å². The Morgan fingerprint density at radius 2 is 1.52 bits per heavy atom. The number of carbonyl (C=O) groups excluding carboxylic acids is 3. The van der Waals surface area contributed by atoms with Gasteiger partial charge in [-0.2, -0.15) is 0 Å². The van der Waals surface area contributed by atoms with E-state index in [2.05, 4.69) is 0 Å². The van der Waals surface area contributed by atoms with Crippen LogP contribution in [0, 0.1) is 0 Å². The lowest BCUT2D eigenvalue weighted by Crippen LogP contribution is -2.40. The van der Waals surface area contributed by atoms with Gasteiger partial charge < -0.3 is 4.74 Å². The van der Waals surface area contributed by atoms with Gasteiger partial charge in [0.1, 0.15) is 12.6 Å². The molecule has 0 aromatic heterocycles. The molecule has 27 heavy (non-hydrogen) atoms. The van der Waals surface area contributed by atoms with Crippen molar-refractivity contribution < 1.29 is 19.1 Å². The van der Waals surface area contributed by atoms with Crippen LogP contribution >= 0.6 is 11.9 Å². The Kier molecular flexibility index (Phi) is 8.07. The zero-order valence-corrected chi connectivity index (χ0v) is 16.3. The fraction of sp³-hybridized carbons (Fsp3) is 0.286. The number of aryl methyl sites for hydroxylation is 1. The number of benzene rings is 2. The second-order valence-electron chi connectivity index (χ2n) is 6.06. The Morgan fingerprint density at radius 1 is 0.963 bits per heavy atom. The molecule has 0 N–H and O–H groups in total. The van der Waals surface area contributed by atoms with E-state index in [1.54, 1.807) is 6.92 Å². The number of esters is 1. The molecule has 1 unspecified atom stereocenters. The SMILES string of the molecule is CC(=O)SN(C(=O)CCc1ccccc1)C(C)C(=O)OCc1ccccc1. The summed E-state index contributed by atoms with van der Waals surface area (Å²) in [5.74, 6) is -0.816. The minimum absolute atomic E-state index is 0.126. The number of rotatable bonds is 7. The molecule has 0 fully saturated rings. The molecule has 2 aromatic carbocycles. The van der Waals surface area contributed by atoms with Crippen molar-refractivity contribution in [1.82, 2.24) is 4.31 Å². The molecule has 0 aliphatic rings. The fourth-order valence-electron chi connectivity index (χ4n) is 2.44. The molecule has 0 radical (unpaired) electrons. The third-order valence-corrected chi connectivity index (χ3v) is 4.83. The summed E-state index contributed by atoms with van der Waals surface area (Å²) in [5.41, 5.74) is 1.89. The van der Waals surface area contributed by atoms with Gasteiger partial charge in [-0.25, -0.2) is 4.79 Å². The van der Waals surface area contributed by atoms with E-state index in [0.717, 1.165) is 23.1 Å². The zero-order chi connectivity index (χ0) is 19.6. The molecule has 0 heterocycles. The van der Waals surface area contributed by atoms with Gasteiger partial charge in [0.25, 0.3) is 0 Å². The molecule has 0 saturated heterocycles. The van der Waals surface area contributed by atoms with Crippen molar-refractivity contribution in [2.75, 3.05) is 0 Å². The zero-order valence-electron chi connectivity index (χ0n) is 15.5. The predicted octanol–water partition coefficient (Wildman–Crippen LogP) is 3.77. The first-order valence-corrected chi connectivity index (χ1v) is 9.50. The maximum atomic E-state index is 12.6. The summed E-state index contributed by atoms with van der Waals surface area (Å²) in [6.07, 6.45) is 0.751. The molecule has 0 spiro atoms. The largest absolute Gasteiger partial charge is 0.459 e. The molecule has 1 amide bonds. The third-order valence-electron chi connectivity index (χ3n) is 3.86. The maximum Gasteiger partial charge on any atom is 0.329 e. The topological polar surface area (TPSA) is 63.7 Å². The van der Waals surface area contributed by atoms with Crippen molar-refractivity contribution >= 4 is 28.9 Å². The van der Waals surface area contributed by atoms with Gasteiger partial charge in [-0.3, -0.25) is 13.9 Å². The van der Waals surface area contributed by atoms with Crippen molar-refractivity contribution in [3.8, 4) is 0 Å². The summed E-state index contributed by atoms with van der Waals surface area (Å²) in [5, 5.41) is -0.259. The van der Waals surface area contributed by atoms with Crippen molar-refractivity contribution in [2.45, 2.75) is 39.3 Å². The quantitative estimate of drug-likeness (QED) is 0.536. The summed E-state index contributed by atoms with van der Waals surface area (Å²) < 4.78 is 6.53. The molecule has 6 heteroatoms. The highest BCUT2D eigenvalue weighted by molar-refractivity contribution is 8.12. The van der Waals surface area contributed by atoms with E-state index in [0.29, 0.717) is 6.42 Å². The van der Waals surface area contributed by atoms with Crippen LogP contribution in [0.3, 0.4) is 0 Å². The number of hydrogen-bond acceptors (Lipinski definition) is 5. The number of amides is 1. The Labute approximate surface area is 163 Å². The van der Waals surface area contributed by atoms with Crippen molar-refractivity contribution in [2.24, 2.45) is 0 Å². The molecular formula is C21H23NO4S. The number of carbonyl (C=O) groups is 3. The standard InChI is InChI=1S/C21H23NO4S/c1-16(21(25)26-15-19-11-7-4-8-12-19)22(27-17(2)23)20(24)14-13-18-9-5-3-6-10-18/h3-12,16H,13-15H2,1-2H3. The molecule has 2 rings (SSSR count). The Morgan fingerprint density at radius 3 is 2.07 bits per heavy atom. The first-order valence-electron chi connectivity index (χ1n) is 8.72. The molecule has 0 bridgehead atoms. The van der Waals surface area contributed by atoms with Crippen molar-refractivity contribution in [3.05, 3.63) is 71.8 Å². The van der Waals surface area contributed by atoms with Crippen LogP contribution in [0.25, 0.3) is 0 Å². The Bertz CT molecular complexity index is 764. The van der Waals surface area contributed by atoms with Crippen LogP contribution in [0.1, 0.15) is 31.4 Å². The smallest absolute Gasteiger partial charge is 0.329 e. The van der Waals surface area contributed by atoms with E-state index in [-0.39, 0.29) is 24.1 Å². The molecule has 142 valence electrons. The average Bonchev–Trinajstić information content (AvgIpc) is 2.69. The van der Waals surface area contributed by atoms with Crippen LogP contribution in [-0.2, 0) is 32.1 Å². The third kappa shape index (κ3) is 6.90. The normalized spacial score (nSPS) is 11.5. The predicted molar refractivity (Wildman–Crippen MR) is 106 cm³/mol. The molecular weight excluding hydrogens is 362 g/mol. The number of hydrogen-bond donors (Lipinski definition) is 0. The maximum absolute atomic E-state index is 12.6. The van der Waals surface area contributed by atoms with Gasteiger partial charge in [-0.1, -0.05) is 60.7 Å². The first-order chi connectivity index (χ1) is 13.0. The highest BCUT2D eigenvalue weighted by Crippen LogP contribution is 2.19. The van der Waals surface area contributed by atoms with Gasteiger partial charge in [0.15, 0.2) is 0 Å². The minimum atomic E-state index is -0.856. The van der Waals surface area contributed by atoms with Gasteiger partial charge in [0, 0.05) is 25.3 Å². The lowest BCUT2D eigenvalue weighted by molar-refractivity contribution is -0.151. The highest BCUT2D eigenvalue weighted by Gasteiger charge is 2.29. The van der Waals surface area contributed by atoms with Crippen LogP contribution in [0.2, 0.25) is 0 Å². The van der Waals surface area contributed by atoms with Gasteiger partial charge in [0.05, 0.1) is 0 Å². The van der Waals surface area contributed by atoms with Crippen LogP contribution < -0.4 is 0 Å². The summed E-state index contributed by atoms with van der Waals surface area (Å²) in [4.78, 5) is 36.6. The second-order valence-corrected chi connectivity index (χ2v) is 7.21. The molecule has 1 atom stereocenters. The summed E-state index contributed by atoms with van der Waals surface area (Å²) in [7, 11) is 0.